The van der Waals surface area contributed by atoms with Crippen LogP contribution in [0.5, 0.6) is 0 Å². The first-order valence-corrected chi connectivity index (χ1v) is 6.03. The van der Waals surface area contributed by atoms with Gasteiger partial charge < -0.3 is 4.90 Å². The fraction of sp³-hybridized carbons (Fsp3) is 0.583. The van der Waals surface area contributed by atoms with Crippen molar-refractivity contribution in [2.45, 2.75) is 25.4 Å². The summed E-state index contributed by atoms with van der Waals surface area (Å²) >= 11 is 0. The summed E-state index contributed by atoms with van der Waals surface area (Å²) in [6, 6.07) is 4.84. The summed E-state index contributed by atoms with van der Waals surface area (Å²) in [7, 11) is 0. The number of hydrogen-bond acceptors (Lipinski definition) is 4. The molecule has 1 aromatic rings. The zero-order valence-corrected chi connectivity index (χ0v) is 10.2. The maximum absolute atomic E-state index is 12.3. The van der Waals surface area contributed by atoms with Crippen LogP contribution in [0.25, 0.3) is 0 Å². The Hall–Kier alpha value is -1.84. The van der Waals surface area contributed by atoms with Crippen molar-refractivity contribution in [3.63, 3.8) is 0 Å². The predicted molar refractivity (Wildman–Crippen MR) is 62.4 cm³/mol. The van der Waals surface area contributed by atoms with Crippen molar-refractivity contribution in [1.29, 1.82) is 5.26 Å². The summed E-state index contributed by atoms with van der Waals surface area (Å²) in [6.07, 6.45) is -2.96. The summed E-state index contributed by atoms with van der Waals surface area (Å²) in [5.74, 6) is 0.848. The van der Waals surface area contributed by atoms with Gasteiger partial charge in [0.05, 0.1) is 6.42 Å². The second-order valence-corrected chi connectivity index (χ2v) is 4.64. The number of rotatable bonds is 5. The first kappa shape index (κ1) is 13.6. The summed E-state index contributed by atoms with van der Waals surface area (Å²) in [5, 5.41) is 16.1. The highest BCUT2D eigenvalue weighted by Crippen LogP contribution is 2.31. The van der Waals surface area contributed by atoms with Crippen LogP contribution in [0, 0.1) is 17.2 Å². The van der Waals surface area contributed by atoms with Gasteiger partial charge in [0, 0.05) is 13.1 Å². The number of hydrogen-bond donors (Lipinski definition) is 0. The van der Waals surface area contributed by atoms with Crippen LogP contribution in [0.1, 0.15) is 25.0 Å². The Kier molecular flexibility index (Phi) is 3.88. The molecule has 102 valence electrons. The molecule has 0 amide bonds. The van der Waals surface area contributed by atoms with E-state index >= 15 is 0 Å². The van der Waals surface area contributed by atoms with Gasteiger partial charge in [-0.25, -0.2) is 0 Å². The van der Waals surface area contributed by atoms with E-state index in [2.05, 4.69) is 10.2 Å². The highest BCUT2D eigenvalue weighted by Gasteiger charge is 2.30. The molecule has 1 aliphatic carbocycles. The number of aromatic nitrogens is 2. The van der Waals surface area contributed by atoms with Crippen molar-refractivity contribution in [2.75, 3.05) is 18.0 Å². The fourth-order valence-corrected chi connectivity index (χ4v) is 1.73. The number of halogens is 3. The van der Waals surface area contributed by atoms with Crippen LogP contribution in [-0.4, -0.2) is 29.5 Å². The van der Waals surface area contributed by atoms with E-state index in [1.165, 1.54) is 6.07 Å². The van der Waals surface area contributed by atoms with Gasteiger partial charge in [0.15, 0.2) is 11.5 Å². The lowest BCUT2D eigenvalue weighted by Crippen LogP contribution is -2.31. The van der Waals surface area contributed by atoms with Crippen LogP contribution in [0.15, 0.2) is 12.1 Å². The van der Waals surface area contributed by atoms with Crippen LogP contribution in [0.3, 0.4) is 0 Å². The standard InChI is InChI=1S/C12H13F3N4/c13-12(14,15)5-6-19(8-9-1-2-9)11-4-3-10(7-16)17-18-11/h3-4,9H,1-2,5-6,8H2. The molecule has 0 radical (unpaired) electrons. The Bertz CT molecular complexity index is 459. The minimum absolute atomic E-state index is 0.124. The molecule has 0 aromatic carbocycles. The van der Waals surface area contributed by atoms with Crippen LogP contribution < -0.4 is 4.90 Å². The minimum Gasteiger partial charge on any atom is -0.355 e. The second kappa shape index (κ2) is 5.43. The quantitative estimate of drug-likeness (QED) is 0.825. The average molecular weight is 270 g/mol. The van der Waals surface area contributed by atoms with Crippen molar-refractivity contribution in [1.82, 2.24) is 10.2 Å². The van der Waals surface area contributed by atoms with Crippen LogP contribution in [0.4, 0.5) is 19.0 Å². The molecule has 0 atom stereocenters. The van der Waals surface area contributed by atoms with Crippen molar-refractivity contribution in [3.05, 3.63) is 17.8 Å². The minimum atomic E-state index is -4.18. The molecule has 0 spiro atoms. The third-order valence-electron chi connectivity index (χ3n) is 2.93. The highest BCUT2D eigenvalue weighted by atomic mass is 19.4. The van der Waals surface area contributed by atoms with E-state index in [1.54, 1.807) is 11.0 Å². The Morgan fingerprint density at radius 3 is 2.53 bits per heavy atom. The molecule has 0 bridgehead atoms. The highest BCUT2D eigenvalue weighted by molar-refractivity contribution is 5.39. The van der Waals surface area contributed by atoms with Gasteiger partial charge in [-0.2, -0.15) is 18.4 Å². The largest absolute Gasteiger partial charge is 0.390 e. The average Bonchev–Trinajstić information content (AvgIpc) is 3.17. The van der Waals surface area contributed by atoms with Crippen LogP contribution in [0.2, 0.25) is 0 Å². The first-order valence-electron chi connectivity index (χ1n) is 6.03. The molecule has 0 saturated heterocycles. The van der Waals surface area contributed by atoms with Crippen LogP contribution >= 0.6 is 0 Å². The van der Waals surface area contributed by atoms with Gasteiger partial charge in [-0.05, 0) is 30.9 Å². The molecule has 7 heteroatoms. The monoisotopic (exact) mass is 270 g/mol. The molecule has 2 rings (SSSR count). The Balaban J connectivity index is 2.04. The van der Waals surface area contributed by atoms with Gasteiger partial charge in [-0.1, -0.05) is 0 Å². The molecule has 4 nitrogen and oxygen atoms in total. The molecule has 1 aromatic heterocycles. The maximum atomic E-state index is 12.3. The molecule has 1 heterocycles. The Labute approximate surface area is 108 Å². The van der Waals surface area contributed by atoms with E-state index in [0.717, 1.165) is 12.8 Å². The molecule has 1 fully saturated rings. The van der Waals surface area contributed by atoms with E-state index in [0.29, 0.717) is 18.3 Å². The molecule has 0 unspecified atom stereocenters. The van der Waals surface area contributed by atoms with Crippen molar-refractivity contribution in [3.8, 4) is 6.07 Å². The number of nitriles is 1. The fourth-order valence-electron chi connectivity index (χ4n) is 1.73. The summed E-state index contributed by atoms with van der Waals surface area (Å²) in [6.45, 7) is 0.442. The topological polar surface area (TPSA) is 52.8 Å². The van der Waals surface area contributed by atoms with E-state index in [-0.39, 0.29) is 12.2 Å². The summed E-state index contributed by atoms with van der Waals surface area (Å²) < 4.78 is 36.9. The zero-order chi connectivity index (χ0) is 13.9. The van der Waals surface area contributed by atoms with Crippen molar-refractivity contribution < 1.29 is 13.2 Å². The van der Waals surface area contributed by atoms with Crippen LogP contribution in [-0.2, 0) is 0 Å². The lowest BCUT2D eigenvalue weighted by molar-refractivity contribution is -0.132. The molecule has 1 aliphatic rings. The van der Waals surface area contributed by atoms with Gasteiger partial charge in [0.1, 0.15) is 6.07 Å². The molecule has 0 N–H and O–H groups in total. The molecule has 0 aliphatic heterocycles. The van der Waals surface area contributed by atoms with Gasteiger partial charge in [0.25, 0.3) is 0 Å². The smallest absolute Gasteiger partial charge is 0.355 e. The molecule has 19 heavy (non-hydrogen) atoms. The van der Waals surface area contributed by atoms with Crippen molar-refractivity contribution in [2.24, 2.45) is 5.92 Å². The van der Waals surface area contributed by atoms with Gasteiger partial charge >= 0.3 is 6.18 Å². The maximum Gasteiger partial charge on any atom is 0.390 e. The third-order valence-corrected chi connectivity index (χ3v) is 2.93. The Morgan fingerprint density at radius 1 is 1.32 bits per heavy atom. The lowest BCUT2D eigenvalue weighted by atomic mass is 10.3. The van der Waals surface area contributed by atoms with Gasteiger partial charge in [-0.15, -0.1) is 10.2 Å². The van der Waals surface area contributed by atoms with Gasteiger partial charge in [0.2, 0.25) is 0 Å². The summed E-state index contributed by atoms with van der Waals surface area (Å²) in [4.78, 5) is 1.60. The second-order valence-electron chi connectivity index (χ2n) is 4.64. The van der Waals surface area contributed by atoms with Crippen molar-refractivity contribution >= 4 is 5.82 Å². The number of alkyl halides is 3. The number of nitrogens with zero attached hydrogens (tertiary/aromatic N) is 4. The van der Waals surface area contributed by atoms with E-state index in [1.807, 2.05) is 6.07 Å². The van der Waals surface area contributed by atoms with E-state index < -0.39 is 12.6 Å². The van der Waals surface area contributed by atoms with Gasteiger partial charge in [-0.3, -0.25) is 0 Å². The third kappa shape index (κ3) is 4.39. The number of anilines is 1. The molecule has 1 saturated carbocycles. The SMILES string of the molecule is N#Cc1ccc(N(CCC(F)(F)F)CC2CC2)nn1. The summed E-state index contributed by atoms with van der Waals surface area (Å²) in [5.41, 5.74) is 0.158. The molecular weight excluding hydrogens is 257 g/mol. The first-order chi connectivity index (χ1) is 8.98. The normalized spacial score (nSPS) is 15.1. The zero-order valence-electron chi connectivity index (χ0n) is 10.2. The van der Waals surface area contributed by atoms with E-state index in [9.17, 15) is 13.2 Å². The van der Waals surface area contributed by atoms with E-state index in [4.69, 9.17) is 5.26 Å². The molecular formula is C12H13F3N4. The lowest BCUT2D eigenvalue weighted by Gasteiger charge is -2.23. The predicted octanol–water partition coefficient (Wildman–Crippen LogP) is 2.52. The Morgan fingerprint density at radius 2 is 2.05 bits per heavy atom.